The predicted octanol–water partition coefficient (Wildman–Crippen LogP) is 4.58. The molecule has 0 saturated carbocycles. The van der Waals surface area contributed by atoms with Crippen molar-refractivity contribution in [2.75, 3.05) is 18.5 Å². The number of ether oxygens (including phenoxy) is 1. The highest BCUT2D eigenvalue weighted by Gasteiger charge is 2.22. The van der Waals surface area contributed by atoms with Gasteiger partial charge in [-0.25, -0.2) is 0 Å². The maximum atomic E-state index is 12.7. The Hall–Kier alpha value is -3.12. The fourth-order valence-corrected chi connectivity index (χ4v) is 4.28. The van der Waals surface area contributed by atoms with Crippen LogP contribution in [-0.4, -0.2) is 29.9 Å². The molecule has 2 aromatic carbocycles. The highest BCUT2D eigenvalue weighted by atomic mass is 32.1. The highest BCUT2D eigenvalue weighted by Crippen LogP contribution is 2.25. The first-order valence-electron chi connectivity index (χ1n) is 9.94. The molecule has 3 aromatic rings. The van der Waals surface area contributed by atoms with E-state index in [-0.39, 0.29) is 18.4 Å². The van der Waals surface area contributed by atoms with Crippen LogP contribution in [0.2, 0.25) is 0 Å². The first-order chi connectivity index (χ1) is 14.5. The highest BCUT2D eigenvalue weighted by molar-refractivity contribution is 7.12. The van der Waals surface area contributed by atoms with Gasteiger partial charge in [0.05, 0.1) is 4.88 Å². The number of hydrogen-bond acceptors (Lipinski definition) is 4. The van der Waals surface area contributed by atoms with E-state index in [1.165, 1.54) is 16.9 Å². The van der Waals surface area contributed by atoms with Gasteiger partial charge in [0.15, 0.2) is 6.61 Å². The van der Waals surface area contributed by atoms with Crippen LogP contribution in [0.4, 0.5) is 5.69 Å². The van der Waals surface area contributed by atoms with Crippen molar-refractivity contribution in [3.8, 4) is 5.75 Å². The minimum Gasteiger partial charge on any atom is -0.483 e. The summed E-state index contributed by atoms with van der Waals surface area (Å²) in [4.78, 5) is 27.7. The fraction of sp³-hybridized carbons (Fsp3) is 0.250. The minimum absolute atomic E-state index is 0.0512. The molecular formula is C24H24N2O3S. The summed E-state index contributed by atoms with van der Waals surface area (Å²) < 4.78 is 5.69. The van der Waals surface area contributed by atoms with Gasteiger partial charge in [0, 0.05) is 18.8 Å². The number of hydrogen-bond donors (Lipinski definition) is 1. The van der Waals surface area contributed by atoms with Crippen LogP contribution >= 0.6 is 11.3 Å². The van der Waals surface area contributed by atoms with E-state index in [0.717, 1.165) is 33.7 Å². The molecule has 0 atom stereocenters. The average Bonchev–Trinajstić information content (AvgIpc) is 3.28. The quantitative estimate of drug-likeness (QED) is 0.657. The summed E-state index contributed by atoms with van der Waals surface area (Å²) in [6.45, 7) is 5.20. The van der Waals surface area contributed by atoms with Crippen LogP contribution in [0.1, 0.15) is 31.9 Å². The van der Waals surface area contributed by atoms with E-state index < -0.39 is 0 Å². The topological polar surface area (TPSA) is 58.6 Å². The fourth-order valence-electron chi connectivity index (χ4n) is 3.59. The minimum atomic E-state index is -0.210. The second-order valence-electron chi connectivity index (χ2n) is 7.47. The molecule has 0 saturated heterocycles. The second-order valence-corrected chi connectivity index (χ2v) is 8.42. The lowest BCUT2D eigenvalue weighted by Crippen LogP contribution is -2.35. The molecule has 30 heavy (non-hydrogen) atoms. The largest absolute Gasteiger partial charge is 0.483 e. The lowest BCUT2D eigenvalue weighted by molar-refractivity contribution is -0.118. The maximum absolute atomic E-state index is 12.7. The van der Waals surface area contributed by atoms with Crippen LogP contribution in [-0.2, 0) is 17.8 Å². The van der Waals surface area contributed by atoms with E-state index in [9.17, 15) is 9.59 Å². The molecule has 4 rings (SSSR count). The van der Waals surface area contributed by atoms with Crippen LogP contribution in [0.25, 0.3) is 0 Å². The Bertz CT molecular complexity index is 1080. The summed E-state index contributed by atoms with van der Waals surface area (Å²) in [5, 5.41) is 4.82. The van der Waals surface area contributed by atoms with E-state index in [1.54, 1.807) is 0 Å². The molecule has 2 amide bonds. The number of fused-ring (bicyclic) bond motifs is 1. The molecule has 0 unspecified atom stereocenters. The molecule has 0 bridgehead atoms. The standard InChI is InChI=1S/C24H24N2O3S/c1-16-5-3-6-21(17(16)2)29-15-23(27)25-20-9-8-18-10-11-26(14-19(18)13-20)24(28)22-7-4-12-30-22/h3-9,12-13H,10-11,14-15H2,1-2H3,(H,25,27). The van der Waals surface area contributed by atoms with E-state index in [1.807, 2.05) is 72.7 Å². The van der Waals surface area contributed by atoms with Crippen molar-refractivity contribution < 1.29 is 14.3 Å². The third-order valence-electron chi connectivity index (χ3n) is 5.44. The third-order valence-corrected chi connectivity index (χ3v) is 6.29. The van der Waals surface area contributed by atoms with Gasteiger partial charge in [-0.1, -0.05) is 24.3 Å². The van der Waals surface area contributed by atoms with Crippen molar-refractivity contribution in [2.45, 2.75) is 26.8 Å². The molecule has 1 aromatic heterocycles. The van der Waals surface area contributed by atoms with Gasteiger partial charge in [0.25, 0.3) is 11.8 Å². The Morgan fingerprint density at radius 3 is 2.77 bits per heavy atom. The molecule has 1 aliphatic heterocycles. The van der Waals surface area contributed by atoms with Crippen molar-refractivity contribution in [1.82, 2.24) is 4.90 Å². The van der Waals surface area contributed by atoms with Crippen LogP contribution in [0.5, 0.6) is 5.75 Å². The number of rotatable bonds is 5. The number of amides is 2. The predicted molar refractivity (Wildman–Crippen MR) is 119 cm³/mol. The molecule has 0 spiro atoms. The SMILES string of the molecule is Cc1cccc(OCC(=O)Nc2ccc3c(c2)CN(C(=O)c2cccs2)CC3)c1C. The first kappa shape index (κ1) is 20.2. The van der Waals surface area contributed by atoms with Gasteiger partial charge in [-0.3, -0.25) is 9.59 Å². The van der Waals surface area contributed by atoms with Crippen LogP contribution in [0.15, 0.2) is 53.9 Å². The molecule has 1 aliphatic rings. The van der Waals surface area contributed by atoms with Crippen molar-refractivity contribution in [3.05, 3.63) is 81.0 Å². The summed E-state index contributed by atoms with van der Waals surface area (Å²) in [5.74, 6) is 0.573. The Labute approximate surface area is 180 Å². The molecular weight excluding hydrogens is 396 g/mol. The van der Waals surface area contributed by atoms with E-state index in [2.05, 4.69) is 5.32 Å². The Morgan fingerprint density at radius 1 is 1.10 bits per heavy atom. The van der Waals surface area contributed by atoms with Gasteiger partial charge < -0.3 is 15.0 Å². The first-order valence-corrected chi connectivity index (χ1v) is 10.8. The lowest BCUT2D eigenvalue weighted by atomic mass is 9.99. The summed E-state index contributed by atoms with van der Waals surface area (Å²) >= 11 is 1.46. The number of carbonyl (C=O) groups excluding carboxylic acids is 2. The summed E-state index contributed by atoms with van der Waals surface area (Å²) in [6.07, 6.45) is 0.816. The summed E-state index contributed by atoms with van der Waals surface area (Å²) in [5.41, 5.74) is 5.17. The van der Waals surface area contributed by atoms with E-state index in [4.69, 9.17) is 4.74 Å². The molecule has 154 valence electrons. The number of aryl methyl sites for hydroxylation is 1. The maximum Gasteiger partial charge on any atom is 0.264 e. The molecule has 1 N–H and O–H groups in total. The number of nitrogens with one attached hydrogen (secondary N) is 1. The Balaban J connectivity index is 1.39. The molecule has 6 heteroatoms. The van der Waals surface area contributed by atoms with Crippen LogP contribution in [0, 0.1) is 13.8 Å². The number of carbonyl (C=O) groups is 2. The Kier molecular flexibility index (Phi) is 5.86. The monoisotopic (exact) mass is 420 g/mol. The zero-order valence-electron chi connectivity index (χ0n) is 17.1. The van der Waals surface area contributed by atoms with Gasteiger partial charge in [-0.15, -0.1) is 11.3 Å². The van der Waals surface area contributed by atoms with Gasteiger partial charge in [0.2, 0.25) is 0 Å². The van der Waals surface area contributed by atoms with Crippen molar-refractivity contribution in [3.63, 3.8) is 0 Å². The smallest absolute Gasteiger partial charge is 0.264 e. The summed E-state index contributed by atoms with van der Waals surface area (Å²) in [7, 11) is 0. The number of nitrogens with zero attached hydrogens (tertiary/aromatic N) is 1. The van der Waals surface area contributed by atoms with Crippen molar-refractivity contribution in [1.29, 1.82) is 0 Å². The third kappa shape index (κ3) is 4.39. The van der Waals surface area contributed by atoms with Crippen molar-refractivity contribution >= 4 is 28.8 Å². The average molecular weight is 421 g/mol. The number of anilines is 1. The van der Waals surface area contributed by atoms with E-state index >= 15 is 0 Å². The number of benzene rings is 2. The summed E-state index contributed by atoms with van der Waals surface area (Å²) in [6, 6.07) is 15.4. The lowest BCUT2D eigenvalue weighted by Gasteiger charge is -2.29. The zero-order chi connectivity index (χ0) is 21.1. The number of thiophene rings is 1. The zero-order valence-corrected chi connectivity index (χ0v) is 17.9. The van der Waals surface area contributed by atoms with Crippen LogP contribution in [0.3, 0.4) is 0 Å². The van der Waals surface area contributed by atoms with Gasteiger partial charge in [-0.2, -0.15) is 0 Å². The normalized spacial score (nSPS) is 12.9. The van der Waals surface area contributed by atoms with Gasteiger partial charge in [-0.05, 0) is 72.2 Å². The molecule has 5 nitrogen and oxygen atoms in total. The molecule has 0 fully saturated rings. The van der Waals surface area contributed by atoms with Gasteiger partial charge >= 0.3 is 0 Å². The van der Waals surface area contributed by atoms with Crippen LogP contribution < -0.4 is 10.1 Å². The Morgan fingerprint density at radius 2 is 1.97 bits per heavy atom. The van der Waals surface area contributed by atoms with E-state index in [0.29, 0.717) is 18.8 Å². The molecule has 2 heterocycles. The second kappa shape index (κ2) is 8.71. The van der Waals surface area contributed by atoms with Gasteiger partial charge in [0.1, 0.15) is 5.75 Å². The van der Waals surface area contributed by atoms with Crippen molar-refractivity contribution in [2.24, 2.45) is 0 Å². The molecule has 0 aliphatic carbocycles. The molecule has 0 radical (unpaired) electrons.